The second-order valence-electron chi connectivity index (χ2n) is 6.92. The van der Waals surface area contributed by atoms with Gasteiger partial charge in [0.25, 0.3) is 5.91 Å². The van der Waals surface area contributed by atoms with Crippen LogP contribution in [0.3, 0.4) is 0 Å². The van der Waals surface area contributed by atoms with Crippen molar-refractivity contribution in [3.8, 4) is 0 Å². The van der Waals surface area contributed by atoms with Gasteiger partial charge in [0, 0.05) is 11.8 Å². The van der Waals surface area contributed by atoms with Crippen molar-refractivity contribution in [3.63, 3.8) is 0 Å². The van der Waals surface area contributed by atoms with Crippen molar-refractivity contribution < 1.29 is 28.3 Å². The fraction of sp³-hybridized carbons (Fsp3) is 0.476. The Morgan fingerprint density at radius 1 is 1.14 bits per heavy atom. The van der Waals surface area contributed by atoms with Crippen LogP contribution in [0, 0.1) is 5.92 Å². The molecule has 1 aromatic heterocycles. The van der Waals surface area contributed by atoms with E-state index < -0.39 is 18.5 Å². The van der Waals surface area contributed by atoms with Gasteiger partial charge < -0.3 is 19.2 Å². The molecule has 0 unspecified atom stereocenters. The molecule has 28 heavy (non-hydrogen) atoms. The van der Waals surface area contributed by atoms with Crippen molar-refractivity contribution >= 4 is 34.5 Å². The molecular formula is C21H25NO6. The number of rotatable bonds is 8. The summed E-state index contributed by atoms with van der Waals surface area (Å²) in [7, 11) is 0. The number of furan rings is 1. The highest BCUT2D eigenvalue weighted by Gasteiger charge is 2.23. The predicted octanol–water partition coefficient (Wildman–Crippen LogP) is 4.06. The van der Waals surface area contributed by atoms with Crippen molar-refractivity contribution in [1.29, 1.82) is 0 Å². The zero-order chi connectivity index (χ0) is 19.9. The van der Waals surface area contributed by atoms with Gasteiger partial charge in [0.05, 0.1) is 6.61 Å². The number of carbonyl (C=O) groups excluding carboxylic acids is 3. The van der Waals surface area contributed by atoms with Crippen LogP contribution in [0.2, 0.25) is 0 Å². The van der Waals surface area contributed by atoms with E-state index in [1.807, 2.05) is 0 Å². The van der Waals surface area contributed by atoms with Gasteiger partial charge in [0.2, 0.25) is 5.76 Å². The standard InChI is InChI=1S/C21H25NO6/c1-2-26-21(25)20-19(15-9-5-6-10-16(15)28-20)22-17(23)13-27-18(24)12-11-14-7-3-4-8-14/h5-6,9-10,14H,2-4,7-8,11-13H2,1H3,(H,22,23). The molecule has 0 radical (unpaired) electrons. The van der Waals surface area contributed by atoms with Gasteiger partial charge in [-0.1, -0.05) is 37.8 Å². The lowest BCUT2D eigenvalue weighted by Gasteiger charge is -2.09. The van der Waals surface area contributed by atoms with Gasteiger partial charge in [-0.05, 0) is 31.4 Å². The quantitative estimate of drug-likeness (QED) is 0.686. The third-order valence-corrected chi connectivity index (χ3v) is 4.92. The Morgan fingerprint density at radius 2 is 1.89 bits per heavy atom. The molecule has 1 N–H and O–H groups in total. The van der Waals surface area contributed by atoms with Crippen LogP contribution in [-0.4, -0.2) is 31.1 Å². The Balaban J connectivity index is 1.59. The smallest absolute Gasteiger partial charge is 0.376 e. The number of carbonyl (C=O) groups is 3. The van der Waals surface area contributed by atoms with Crippen LogP contribution in [0.4, 0.5) is 5.69 Å². The molecule has 0 spiro atoms. The average molecular weight is 387 g/mol. The van der Waals surface area contributed by atoms with E-state index in [9.17, 15) is 14.4 Å². The fourth-order valence-corrected chi connectivity index (χ4v) is 3.52. The molecule has 1 aliphatic rings. The summed E-state index contributed by atoms with van der Waals surface area (Å²) in [6, 6.07) is 6.95. The topological polar surface area (TPSA) is 94.8 Å². The third-order valence-electron chi connectivity index (χ3n) is 4.92. The summed E-state index contributed by atoms with van der Waals surface area (Å²) in [5.74, 6) is -1.08. The Bertz CT molecular complexity index is 850. The maximum Gasteiger partial charge on any atom is 0.376 e. The predicted molar refractivity (Wildman–Crippen MR) is 103 cm³/mol. The van der Waals surface area contributed by atoms with Crippen molar-refractivity contribution in [1.82, 2.24) is 0 Å². The number of fused-ring (bicyclic) bond motifs is 1. The maximum absolute atomic E-state index is 12.3. The van der Waals surface area contributed by atoms with Crippen LogP contribution in [0.15, 0.2) is 28.7 Å². The van der Waals surface area contributed by atoms with Crippen molar-refractivity contribution in [2.24, 2.45) is 5.92 Å². The van der Waals surface area contributed by atoms with Crippen molar-refractivity contribution in [2.75, 3.05) is 18.5 Å². The lowest BCUT2D eigenvalue weighted by molar-refractivity contribution is -0.147. The van der Waals surface area contributed by atoms with E-state index >= 15 is 0 Å². The second kappa shape index (κ2) is 9.39. The SMILES string of the molecule is CCOC(=O)c1oc2ccccc2c1NC(=O)COC(=O)CCC1CCCC1. The zero-order valence-electron chi connectivity index (χ0n) is 16.0. The normalized spacial score (nSPS) is 14.2. The highest BCUT2D eigenvalue weighted by molar-refractivity contribution is 6.09. The van der Waals surface area contributed by atoms with E-state index in [0.717, 1.165) is 19.3 Å². The molecular weight excluding hydrogens is 362 g/mol. The molecule has 3 rings (SSSR count). The molecule has 7 heteroatoms. The number of benzene rings is 1. The van der Waals surface area contributed by atoms with Gasteiger partial charge in [-0.2, -0.15) is 0 Å². The first-order chi connectivity index (χ1) is 13.6. The Labute approximate surface area is 163 Å². The lowest BCUT2D eigenvalue weighted by Crippen LogP contribution is -2.22. The minimum atomic E-state index is -0.664. The molecule has 1 heterocycles. The van der Waals surface area contributed by atoms with E-state index in [0.29, 0.717) is 23.3 Å². The van der Waals surface area contributed by atoms with Gasteiger partial charge in [-0.25, -0.2) is 4.79 Å². The summed E-state index contributed by atoms with van der Waals surface area (Å²) in [6.07, 6.45) is 5.91. The van der Waals surface area contributed by atoms with Gasteiger partial charge in [0.1, 0.15) is 11.3 Å². The highest BCUT2D eigenvalue weighted by Crippen LogP contribution is 2.31. The molecule has 0 aliphatic heterocycles. The number of ether oxygens (including phenoxy) is 2. The van der Waals surface area contributed by atoms with Gasteiger partial charge in [0.15, 0.2) is 6.61 Å². The first kappa shape index (κ1) is 19.9. The first-order valence-corrected chi connectivity index (χ1v) is 9.72. The number of amides is 1. The minimum absolute atomic E-state index is 0.0797. The number of nitrogens with one attached hydrogen (secondary N) is 1. The van der Waals surface area contributed by atoms with Crippen LogP contribution in [0.1, 0.15) is 56.0 Å². The molecule has 2 aromatic rings. The lowest BCUT2D eigenvalue weighted by atomic mass is 10.0. The summed E-state index contributed by atoms with van der Waals surface area (Å²) >= 11 is 0. The Morgan fingerprint density at radius 3 is 2.64 bits per heavy atom. The molecule has 1 fully saturated rings. The summed E-state index contributed by atoms with van der Waals surface area (Å²) in [6.45, 7) is 1.46. The summed E-state index contributed by atoms with van der Waals surface area (Å²) in [5.41, 5.74) is 0.676. The molecule has 1 aliphatic carbocycles. The van der Waals surface area contributed by atoms with Crippen LogP contribution < -0.4 is 5.32 Å². The molecule has 1 aromatic carbocycles. The molecule has 0 saturated heterocycles. The molecule has 0 atom stereocenters. The molecule has 150 valence electrons. The Kier molecular flexibility index (Phi) is 6.68. The highest BCUT2D eigenvalue weighted by atomic mass is 16.5. The number of hydrogen-bond donors (Lipinski definition) is 1. The van der Waals surface area contributed by atoms with Crippen LogP contribution in [0.5, 0.6) is 0 Å². The second-order valence-corrected chi connectivity index (χ2v) is 6.92. The van der Waals surface area contributed by atoms with Crippen LogP contribution in [-0.2, 0) is 19.1 Å². The van der Waals surface area contributed by atoms with Gasteiger partial charge >= 0.3 is 11.9 Å². The summed E-state index contributed by atoms with van der Waals surface area (Å²) in [4.78, 5) is 36.3. The van der Waals surface area contributed by atoms with Crippen LogP contribution >= 0.6 is 0 Å². The van der Waals surface area contributed by atoms with E-state index in [-0.39, 0.29) is 24.0 Å². The number of para-hydroxylation sites is 1. The largest absolute Gasteiger partial charge is 0.460 e. The Hall–Kier alpha value is -2.83. The summed E-state index contributed by atoms with van der Waals surface area (Å²) < 4.78 is 15.6. The van der Waals surface area contributed by atoms with Gasteiger partial charge in [-0.15, -0.1) is 0 Å². The average Bonchev–Trinajstić information content (AvgIpc) is 3.33. The molecule has 1 saturated carbocycles. The zero-order valence-corrected chi connectivity index (χ0v) is 16.0. The molecule has 7 nitrogen and oxygen atoms in total. The van der Waals surface area contributed by atoms with E-state index in [1.54, 1.807) is 31.2 Å². The maximum atomic E-state index is 12.3. The molecule has 1 amide bonds. The van der Waals surface area contributed by atoms with Crippen molar-refractivity contribution in [2.45, 2.75) is 45.4 Å². The van der Waals surface area contributed by atoms with E-state index in [4.69, 9.17) is 13.9 Å². The van der Waals surface area contributed by atoms with Crippen molar-refractivity contribution in [3.05, 3.63) is 30.0 Å². The number of anilines is 1. The first-order valence-electron chi connectivity index (χ1n) is 9.72. The summed E-state index contributed by atoms with van der Waals surface area (Å²) in [5, 5.41) is 3.19. The number of hydrogen-bond acceptors (Lipinski definition) is 6. The molecule has 0 bridgehead atoms. The fourth-order valence-electron chi connectivity index (χ4n) is 3.52. The van der Waals surface area contributed by atoms with Gasteiger partial charge in [-0.3, -0.25) is 9.59 Å². The number of esters is 2. The third kappa shape index (κ3) is 4.91. The minimum Gasteiger partial charge on any atom is -0.460 e. The van der Waals surface area contributed by atoms with E-state index in [2.05, 4.69) is 5.32 Å². The van der Waals surface area contributed by atoms with Crippen LogP contribution in [0.25, 0.3) is 11.0 Å². The monoisotopic (exact) mass is 387 g/mol. The van der Waals surface area contributed by atoms with E-state index in [1.165, 1.54) is 12.8 Å².